The van der Waals surface area contributed by atoms with Gasteiger partial charge in [0.25, 0.3) is 0 Å². The number of hydrogen-bond donors (Lipinski definition) is 2. The molecule has 3 rings (SSSR count). The highest BCUT2D eigenvalue weighted by Crippen LogP contribution is 2.35. The third kappa shape index (κ3) is 2.19. The van der Waals surface area contributed by atoms with Crippen LogP contribution in [0.2, 0.25) is 0 Å². The molecule has 0 bridgehead atoms. The van der Waals surface area contributed by atoms with Crippen molar-refractivity contribution < 1.29 is 9.84 Å². The van der Waals surface area contributed by atoms with Crippen LogP contribution >= 0.6 is 0 Å². The lowest BCUT2D eigenvalue weighted by Crippen LogP contribution is -2.38. The molecule has 0 saturated carbocycles. The summed E-state index contributed by atoms with van der Waals surface area (Å²) in [5, 5.41) is 15.2. The first-order valence-electron chi connectivity index (χ1n) is 7.25. The van der Waals surface area contributed by atoms with Gasteiger partial charge in [0.15, 0.2) is 0 Å². The zero-order valence-electron chi connectivity index (χ0n) is 12.1. The number of methoxy groups -OCH3 is 1. The molecule has 20 heavy (non-hydrogen) atoms. The fourth-order valence-electron chi connectivity index (χ4n) is 3.21. The lowest BCUT2D eigenvalue weighted by Gasteiger charge is -2.28. The van der Waals surface area contributed by atoms with Gasteiger partial charge >= 0.3 is 0 Å². The van der Waals surface area contributed by atoms with Crippen LogP contribution in [0.25, 0.3) is 10.9 Å². The molecule has 108 valence electrons. The number of rotatable bonds is 3. The molecule has 1 fully saturated rings. The van der Waals surface area contributed by atoms with Crippen molar-refractivity contribution in [3.8, 4) is 5.75 Å². The summed E-state index contributed by atoms with van der Waals surface area (Å²) < 4.78 is 7.53. The van der Waals surface area contributed by atoms with Gasteiger partial charge in [0.05, 0.1) is 18.7 Å². The summed E-state index contributed by atoms with van der Waals surface area (Å²) in [5.41, 5.74) is 2.05. The summed E-state index contributed by atoms with van der Waals surface area (Å²) in [5.74, 6) is 0.827. The van der Waals surface area contributed by atoms with E-state index in [2.05, 4.69) is 16.0 Å². The third-order valence-corrected chi connectivity index (χ3v) is 4.27. The van der Waals surface area contributed by atoms with Crippen LogP contribution in [-0.2, 0) is 7.05 Å². The minimum absolute atomic E-state index is 0.138. The van der Waals surface area contributed by atoms with Gasteiger partial charge in [-0.1, -0.05) is 12.5 Å². The largest absolute Gasteiger partial charge is 0.496 e. The summed E-state index contributed by atoms with van der Waals surface area (Å²) in [6.07, 6.45) is 4.93. The van der Waals surface area contributed by atoms with Crippen molar-refractivity contribution in [2.24, 2.45) is 7.05 Å². The Kier molecular flexibility index (Phi) is 3.68. The lowest BCUT2D eigenvalue weighted by molar-refractivity contribution is 0.115. The zero-order chi connectivity index (χ0) is 14.1. The number of benzene rings is 1. The van der Waals surface area contributed by atoms with Gasteiger partial charge in [-0.05, 0) is 31.5 Å². The van der Waals surface area contributed by atoms with Crippen LogP contribution in [0.1, 0.15) is 30.9 Å². The highest BCUT2D eigenvalue weighted by Gasteiger charge is 2.26. The first-order valence-corrected chi connectivity index (χ1v) is 7.25. The number of aryl methyl sites for hydroxylation is 1. The summed E-state index contributed by atoms with van der Waals surface area (Å²) in [7, 11) is 3.68. The SMILES string of the molecule is COc1cccc2c1c(C(O)C1CCCCN1)cn2C. The Labute approximate surface area is 119 Å². The van der Waals surface area contributed by atoms with Gasteiger partial charge in [0, 0.05) is 30.2 Å². The van der Waals surface area contributed by atoms with Crippen LogP contribution in [0.5, 0.6) is 5.75 Å². The van der Waals surface area contributed by atoms with Gasteiger partial charge < -0.3 is 19.7 Å². The number of hydrogen-bond acceptors (Lipinski definition) is 3. The van der Waals surface area contributed by atoms with Crippen LogP contribution < -0.4 is 10.1 Å². The molecule has 0 radical (unpaired) electrons. The van der Waals surface area contributed by atoms with Gasteiger partial charge in [-0.15, -0.1) is 0 Å². The quantitative estimate of drug-likeness (QED) is 0.903. The Morgan fingerprint density at radius 2 is 2.25 bits per heavy atom. The Balaban J connectivity index is 2.06. The van der Waals surface area contributed by atoms with Crippen molar-refractivity contribution in [3.05, 3.63) is 30.0 Å². The number of ether oxygens (including phenoxy) is 1. The Hall–Kier alpha value is -1.52. The molecule has 0 amide bonds. The molecule has 4 heteroatoms. The monoisotopic (exact) mass is 274 g/mol. The topological polar surface area (TPSA) is 46.4 Å². The number of fused-ring (bicyclic) bond motifs is 1. The number of piperidine rings is 1. The van der Waals surface area contributed by atoms with Crippen molar-refractivity contribution >= 4 is 10.9 Å². The van der Waals surface area contributed by atoms with E-state index in [0.717, 1.165) is 35.2 Å². The molecule has 4 nitrogen and oxygen atoms in total. The van der Waals surface area contributed by atoms with Crippen molar-refractivity contribution in [2.45, 2.75) is 31.4 Å². The fraction of sp³-hybridized carbons (Fsp3) is 0.500. The van der Waals surface area contributed by atoms with Crippen molar-refractivity contribution in [2.75, 3.05) is 13.7 Å². The van der Waals surface area contributed by atoms with Crippen LogP contribution in [0, 0.1) is 0 Å². The second-order valence-corrected chi connectivity index (χ2v) is 5.55. The smallest absolute Gasteiger partial charge is 0.128 e. The minimum Gasteiger partial charge on any atom is -0.496 e. The van der Waals surface area contributed by atoms with E-state index in [0.29, 0.717) is 0 Å². The lowest BCUT2D eigenvalue weighted by atomic mass is 9.94. The van der Waals surface area contributed by atoms with Gasteiger partial charge in [-0.3, -0.25) is 0 Å². The molecule has 2 heterocycles. The summed E-state index contributed by atoms with van der Waals surface area (Å²) in [6, 6.07) is 6.13. The third-order valence-electron chi connectivity index (χ3n) is 4.27. The van der Waals surface area contributed by atoms with Gasteiger partial charge in [0.2, 0.25) is 0 Å². The Bertz CT molecular complexity index is 600. The maximum Gasteiger partial charge on any atom is 0.128 e. The van der Waals surface area contributed by atoms with Crippen LogP contribution in [0.15, 0.2) is 24.4 Å². The van der Waals surface area contributed by atoms with E-state index in [4.69, 9.17) is 4.74 Å². The van der Waals surface area contributed by atoms with E-state index < -0.39 is 6.10 Å². The number of aromatic nitrogens is 1. The molecule has 0 aliphatic carbocycles. The van der Waals surface area contributed by atoms with Crippen LogP contribution in [0.4, 0.5) is 0 Å². The van der Waals surface area contributed by atoms with Crippen LogP contribution in [0.3, 0.4) is 0 Å². The van der Waals surface area contributed by atoms with E-state index in [1.807, 2.05) is 25.4 Å². The van der Waals surface area contributed by atoms with Crippen LogP contribution in [-0.4, -0.2) is 29.4 Å². The molecule has 0 spiro atoms. The van der Waals surface area contributed by atoms with E-state index in [1.54, 1.807) is 7.11 Å². The molecule has 1 aromatic carbocycles. The van der Waals surface area contributed by atoms with E-state index in [1.165, 1.54) is 12.8 Å². The van der Waals surface area contributed by atoms with Gasteiger partial charge in [0.1, 0.15) is 5.75 Å². The number of nitrogens with one attached hydrogen (secondary N) is 1. The molecule has 1 aliphatic rings. The molecule has 1 aromatic heterocycles. The van der Waals surface area contributed by atoms with Gasteiger partial charge in [-0.25, -0.2) is 0 Å². The average Bonchev–Trinajstić information content (AvgIpc) is 2.85. The van der Waals surface area contributed by atoms with Crippen molar-refractivity contribution in [1.82, 2.24) is 9.88 Å². The Morgan fingerprint density at radius 3 is 2.95 bits per heavy atom. The number of aliphatic hydroxyl groups is 1. The average molecular weight is 274 g/mol. The molecule has 1 aliphatic heterocycles. The maximum absolute atomic E-state index is 10.7. The predicted molar refractivity (Wildman–Crippen MR) is 80.1 cm³/mol. The number of nitrogens with zero attached hydrogens (tertiary/aromatic N) is 1. The standard InChI is InChI=1S/C16H22N2O2/c1-18-10-11(16(19)12-6-3-4-9-17-12)15-13(18)7-5-8-14(15)20-2/h5,7-8,10,12,16-17,19H,3-4,6,9H2,1-2H3. The fourth-order valence-corrected chi connectivity index (χ4v) is 3.21. The first kappa shape index (κ1) is 13.5. The summed E-state index contributed by atoms with van der Waals surface area (Å²) in [4.78, 5) is 0. The van der Waals surface area contributed by atoms with Crippen molar-refractivity contribution in [3.63, 3.8) is 0 Å². The molecule has 2 aromatic rings. The predicted octanol–water partition coefficient (Wildman–Crippen LogP) is 2.36. The van der Waals surface area contributed by atoms with Gasteiger partial charge in [-0.2, -0.15) is 0 Å². The minimum atomic E-state index is -0.490. The molecular weight excluding hydrogens is 252 g/mol. The second kappa shape index (κ2) is 5.46. The second-order valence-electron chi connectivity index (χ2n) is 5.55. The normalized spacial score (nSPS) is 21.1. The first-order chi connectivity index (χ1) is 9.72. The van der Waals surface area contributed by atoms with E-state index >= 15 is 0 Å². The highest BCUT2D eigenvalue weighted by atomic mass is 16.5. The molecule has 2 N–H and O–H groups in total. The molecule has 2 unspecified atom stereocenters. The zero-order valence-corrected chi connectivity index (χ0v) is 12.1. The molecular formula is C16H22N2O2. The van der Waals surface area contributed by atoms with Crippen molar-refractivity contribution in [1.29, 1.82) is 0 Å². The van der Waals surface area contributed by atoms with E-state index in [-0.39, 0.29) is 6.04 Å². The van der Waals surface area contributed by atoms with E-state index in [9.17, 15) is 5.11 Å². The highest BCUT2D eigenvalue weighted by molar-refractivity contribution is 5.90. The number of aliphatic hydroxyl groups excluding tert-OH is 1. The molecule has 1 saturated heterocycles. The molecule has 2 atom stereocenters. The summed E-state index contributed by atoms with van der Waals surface area (Å²) >= 11 is 0. The summed E-state index contributed by atoms with van der Waals surface area (Å²) in [6.45, 7) is 0.990. The Morgan fingerprint density at radius 1 is 1.40 bits per heavy atom. The maximum atomic E-state index is 10.7.